The summed E-state index contributed by atoms with van der Waals surface area (Å²) in [4.78, 5) is 11.6. The van der Waals surface area contributed by atoms with Crippen LogP contribution in [0.2, 0.25) is 5.02 Å². The molecule has 1 rings (SSSR count). The van der Waals surface area contributed by atoms with Crippen LogP contribution in [0, 0.1) is 16.7 Å². The SMILES string of the molecule is CC(C)(C)C(=O)NCCNc1ccc(C#N)c(Cl)c1. The van der Waals surface area contributed by atoms with Crippen LogP contribution in [0.25, 0.3) is 0 Å². The van der Waals surface area contributed by atoms with E-state index in [-0.39, 0.29) is 11.3 Å². The number of hydrogen-bond donors (Lipinski definition) is 2. The third-order valence-electron chi connectivity index (χ3n) is 2.51. The van der Waals surface area contributed by atoms with E-state index < -0.39 is 0 Å². The Kier molecular flexibility index (Phi) is 5.20. The average Bonchev–Trinajstić information content (AvgIpc) is 2.33. The van der Waals surface area contributed by atoms with Crippen molar-refractivity contribution in [3.63, 3.8) is 0 Å². The Hall–Kier alpha value is -1.73. The van der Waals surface area contributed by atoms with E-state index in [0.29, 0.717) is 23.7 Å². The summed E-state index contributed by atoms with van der Waals surface area (Å²) in [5.41, 5.74) is 0.903. The molecule has 2 N–H and O–H groups in total. The highest BCUT2D eigenvalue weighted by Crippen LogP contribution is 2.19. The van der Waals surface area contributed by atoms with E-state index in [2.05, 4.69) is 10.6 Å². The van der Waals surface area contributed by atoms with Crippen LogP contribution in [-0.4, -0.2) is 19.0 Å². The minimum absolute atomic E-state index is 0.0205. The van der Waals surface area contributed by atoms with Gasteiger partial charge in [0.25, 0.3) is 0 Å². The minimum atomic E-state index is -0.377. The molecule has 0 aliphatic carbocycles. The third-order valence-corrected chi connectivity index (χ3v) is 2.82. The lowest BCUT2D eigenvalue weighted by atomic mass is 9.96. The largest absolute Gasteiger partial charge is 0.383 e. The number of nitrogens with one attached hydrogen (secondary N) is 2. The zero-order valence-corrected chi connectivity index (χ0v) is 12.1. The summed E-state index contributed by atoms with van der Waals surface area (Å²) in [5, 5.41) is 15.2. The van der Waals surface area contributed by atoms with Crippen molar-refractivity contribution in [2.24, 2.45) is 5.41 Å². The average molecular weight is 280 g/mol. The number of benzene rings is 1. The molecule has 0 aliphatic heterocycles. The topological polar surface area (TPSA) is 64.9 Å². The van der Waals surface area contributed by atoms with Crippen molar-refractivity contribution in [1.82, 2.24) is 5.32 Å². The quantitative estimate of drug-likeness (QED) is 0.833. The van der Waals surface area contributed by atoms with Gasteiger partial charge in [0.2, 0.25) is 5.91 Å². The standard InChI is InChI=1S/C14H18ClN3O/c1-14(2,3)13(19)18-7-6-17-11-5-4-10(9-16)12(15)8-11/h4-5,8,17H,6-7H2,1-3H3,(H,18,19). The van der Waals surface area contributed by atoms with Crippen molar-refractivity contribution >= 4 is 23.2 Å². The first-order valence-corrected chi connectivity index (χ1v) is 6.44. The zero-order chi connectivity index (χ0) is 14.5. The van der Waals surface area contributed by atoms with E-state index >= 15 is 0 Å². The van der Waals surface area contributed by atoms with Crippen molar-refractivity contribution in [1.29, 1.82) is 5.26 Å². The summed E-state index contributed by atoms with van der Waals surface area (Å²) in [6, 6.07) is 7.16. The van der Waals surface area contributed by atoms with Crippen LogP contribution in [0.5, 0.6) is 0 Å². The minimum Gasteiger partial charge on any atom is -0.383 e. The molecular formula is C14H18ClN3O. The summed E-state index contributed by atoms with van der Waals surface area (Å²) in [6.45, 7) is 6.75. The smallest absolute Gasteiger partial charge is 0.225 e. The van der Waals surface area contributed by atoms with Crippen LogP contribution >= 0.6 is 11.6 Å². The molecule has 102 valence electrons. The van der Waals surface area contributed by atoms with E-state index in [1.165, 1.54) is 0 Å². The number of carbonyl (C=O) groups is 1. The highest BCUT2D eigenvalue weighted by Gasteiger charge is 2.20. The van der Waals surface area contributed by atoms with Gasteiger partial charge in [-0.05, 0) is 18.2 Å². The van der Waals surface area contributed by atoms with Crippen molar-refractivity contribution in [3.8, 4) is 6.07 Å². The highest BCUT2D eigenvalue weighted by atomic mass is 35.5. The summed E-state index contributed by atoms with van der Waals surface area (Å²) >= 11 is 5.92. The van der Waals surface area contributed by atoms with Crippen molar-refractivity contribution in [2.75, 3.05) is 18.4 Å². The molecule has 1 aromatic rings. The molecule has 4 nitrogen and oxygen atoms in total. The summed E-state index contributed by atoms with van der Waals surface area (Å²) in [5.74, 6) is 0.0205. The van der Waals surface area contributed by atoms with E-state index in [9.17, 15) is 4.79 Å². The van der Waals surface area contributed by atoms with Gasteiger partial charge in [-0.15, -0.1) is 0 Å². The molecule has 0 aromatic heterocycles. The number of halogens is 1. The molecule has 0 aliphatic rings. The zero-order valence-electron chi connectivity index (χ0n) is 11.4. The Balaban J connectivity index is 2.41. The van der Waals surface area contributed by atoms with Crippen LogP contribution in [-0.2, 0) is 4.79 Å². The first kappa shape index (κ1) is 15.3. The molecule has 0 atom stereocenters. The maximum atomic E-state index is 11.6. The fraction of sp³-hybridized carbons (Fsp3) is 0.429. The lowest BCUT2D eigenvalue weighted by molar-refractivity contribution is -0.128. The molecule has 0 radical (unpaired) electrons. The number of hydrogen-bond acceptors (Lipinski definition) is 3. The van der Waals surface area contributed by atoms with Gasteiger partial charge in [-0.25, -0.2) is 0 Å². The van der Waals surface area contributed by atoms with Gasteiger partial charge < -0.3 is 10.6 Å². The predicted molar refractivity (Wildman–Crippen MR) is 77.1 cm³/mol. The lowest BCUT2D eigenvalue weighted by Gasteiger charge is -2.17. The first-order chi connectivity index (χ1) is 8.84. The van der Waals surface area contributed by atoms with Gasteiger partial charge in [0.15, 0.2) is 0 Å². The number of rotatable bonds is 4. The summed E-state index contributed by atoms with van der Waals surface area (Å²) in [6.07, 6.45) is 0. The molecular weight excluding hydrogens is 262 g/mol. The van der Waals surface area contributed by atoms with E-state index in [4.69, 9.17) is 16.9 Å². The second-order valence-corrected chi connectivity index (χ2v) is 5.65. The fourth-order valence-corrected chi connectivity index (χ4v) is 1.59. The molecule has 0 unspecified atom stereocenters. The van der Waals surface area contributed by atoms with Gasteiger partial charge in [0.05, 0.1) is 10.6 Å². The Morgan fingerprint density at radius 2 is 2.05 bits per heavy atom. The molecule has 19 heavy (non-hydrogen) atoms. The van der Waals surface area contributed by atoms with Crippen molar-refractivity contribution < 1.29 is 4.79 Å². The van der Waals surface area contributed by atoms with Crippen LogP contribution in [0.15, 0.2) is 18.2 Å². The third kappa shape index (κ3) is 4.80. The highest BCUT2D eigenvalue weighted by molar-refractivity contribution is 6.32. The maximum absolute atomic E-state index is 11.6. The van der Waals surface area contributed by atoms with Gasteiger partial charge >= 0.3 is 0 Å². The van der Waals surface area contributed by atoms with Crippen LogP contribution in [0.4, 0.5) is 5.69 Å². The lowest BCUT2D eigenvalue weighted by Crippen LogP contribution is -2.37. The maximum Gasteiger partial charge on any atom is 0.225 e. The summed E-state index contributed by atoms with van der Waals surface area (Å²) < 4.78 is 0. The number of nitrogens with zero attached hydrogens (tertiary/aromatic N) is 1. The van der Waals surface area contributed by atoms with Crippen LogP contribution in [0.1, 0.15) is 26.3 Å². The molecule has 1 aromatic carbocycles. The van der Waals surface area contributed by atoms with Gasteiger partial charge in [-0.1, -0.05) is 32.4 Å². The van der Waals surface area contributed by atoms with Gasteiger partial charge in [0.1, 0.15) is 6.07 Å². The Morgan fingerprint density at radius 3 is 2.58 bits per heavy atom. The van der Waals surface area contributed by atoms with Gasteiger partial charge in [-0.2, -0.15) is 5.26 Å². The number of nitriles is 1. The molecule has 0 bridgehead atoms. The van der Waals surface area contributed by atoms with E-state index in [1.807, 2.05) is 26.8 Å². The molecule has 0 heterocycles. The Bertz CT molecular complexity index is 500. The normalized spacial score (nSPS) is 10.7. The summed E-state index contributed by atoms with van der Waals surface area (Å²) in [7, 11) is 0. The second kappa shape index (κ2) is 6.44. The first-order valence-electron chi connectivity index (χ1n) is 6.06. The molecule has 0 saturated heterocycles. The van der Waals surface area contributed by atoms with Crippen LogP contribution in [0.3, 0.4) is 0 Å². The fourth-order valence-electron chi connectivity index (χ4n) is 1.36. The predicted octanol–water partition coefficient (Wildman–Crippen LogP) is 2.79. The van der Waals surface area contributed by atoms with E-state index in [0.717, 1.165) is 5.69 Å². The van der Waals surface area contributed by atoms with Crippen molar-refractivity contribution in [3.05, 3.63) is 28.8 Å². The Labute approximate surface area is 118 Å². The number of carbonyl (C=O) groups excluding carboxylic acids is 1. The molecule has 1 amide bonds. The van der Waals surface area contributed by atoms with Crippen molar-refractivity contribution in [2.45, 2.75) is 20.8 Å². The molecule has 5 heteroatoms. The number of anilines is 1. The van der Waals surface area contributed by atoms with Gasteiger partial charge in [0, 0.05) is 24.2 Å². The molecule has 0 fully saturated rings. The second-order valence-electron chi connectivity index (χ2n) is 5.24. The monoisotopic (exact) mass is 279 g/mol. The molecule has 0 spiro atoms. The Morgan fingerprint density at radius 1 is 1.37 bits per heavy atom. The number of amides is 1. The molecule has 0 saturated carbocycles. The van der Waals surface area contributed by atoms with Crippen LogP contribution < -0.4 is 10.6 Å². The van der Waals surface area contributed by atoms with E-state index in [1.54, 1.807) is 18.2 Å². The van der Waals surface area contributed by atoms with Gasteiger partial charge in [-0.3, -0.25) is 4.79 Å².